The molecule has 0 amide bonds. The molecular weight excluding hydrogens is 252 g/mol. The van der Waals surface area contributed by atoms with Gasteiger partial charge in [-0.2, -0.15) is 0 Å². The van der Waals surface area contributed by atoms with Gasteiger partial charge in [0.2, 0.25) is 0 Å². The first kappa shape index (κ1) is 15.8. The highest BCUT2D eigenvalue weighted by Crippen LogP contribution is 2.35. The van der Waals surface area contributed by atoms with E-state index in [0.29, 0.717) is 24.0 Å². The van der Waals surface area contributed by atoms with Crippen molar-refractivity contribution < 1.29 is 9.53 Å². The molecule has 1 heterocycles. The zero-order valence-corrected chi connectivity index (χ0v) is 13.3. The molecule has 1 N–H and O–H groups in total. The van der Waals surface area contributed by atoms with Crippen molar-refractivity contribution in [1.29, 1.82) is 0 Å². The molecular formula is C16H30N2O2. The van der Waals surface area contributed by atoms with Gasteiger partial charge in [-0.05, 0) is 37.5 Å². The Morgan fingerprint density at radius 1 is 1.25 bits per heavy atom. The lowest BCUT2D eigenvalue weighted by Gasteiger charge is -2.39. The van der Waals surface area contributed by atoms with Gasteiger partial charge in [-0.25, -0.2) is 0 Å². The van der Waals surface area contributed by atoms with Gasteiger partial charge in [-0.3, -0.25) is 9.69 Å². The van der Waals surface area contributed by atoms with E-state index in [-0.39, 0.29) is 5.97 Å². The van der Waals surface area contributed by atoms with Gasteiger partial charge in [0.15, 0.2) is 0 Å². The number of nitrogens with one attached hydrogen (secondary N) is 1. The number of ether oxygens (including phenoxy) is 1. The van der Waals surface area contributed by atoms with Gasteiger partial charge in [-0.1, -0.05) is 20.3 Å². The van der Waals surface area contributed by atoms with Crippen molar-refractivity contribution in [3.63, 3.8) is 0 Å². The Balaban J connectivity index is 1.70. The molecule has 2 rings (SSSR count). The van der Waals surface area contributed by atoms with E-state index >= 15 is 0 Å². The summed E-state index contributed by atoms with van der Waals surface area (Å²) in [6.07, 6.45) is 7.64. The molecule has 0 aromatic heterocycles. The molecule has 4 heteroatoms. The quantitative estimate of drug-likeness (QED) is 0.803. The molecule has 4 nitrogen and oxygen atoms in total. The number of hydrogen-bond donors (Lipinski definition) is 1. The lowest BCUT2D eigenvalue weighted by molar-refractivity contribution is -0.142. The van der Waals surface area contributed by atoms with Crippen molar-refractivity contribution in [1.82, 2.24) is 10.2 Å². The molecule has 0 bridgehead atoms. The molecule has 20 heavy (non-hydrogen) atoms. The molecule has 0 aromatic carbocycles. The van der Waals surface area contributed by atoms with Gasteiger partial charge in [0.1, 0.15) is 0 Å². The number of hydrogen-bond acceptors (Lipinski definition) is 4. The number of carbonyl (C=O) groups is 1. The van der Waals surface area contributed by atoms with Crippen LogP contribution in [0.1, 0.15) is 52.4 Å². The fourth-order valence-corrected chi connectivity index (χ4v) is 3.68. The molecule has 0 aromatic rings. The second-order valence-electron chi connectivity index (χ2n) is 7.25. The SMILES string of the molecule is COC(=O)CN1CCC(NC2CCCC(C)(C)C2)CC1. The topological polar surface area (TPSA) is 41.6 Å². The Kier molecular flexibility index (Phi) is 5.44. The maximum absolute atomic E-state index is 11.3. The molecule has 1 unspecified atom stereocenters. The van der Waals surface area contributed by atoms with Gasteiger partial charge in [0.25, 0.3) is 0 Å². The van der Waals surface area contributed by atoms with Gasteiger partial charge < -0.3 is 10.1 Å². The van der Waals surface area contributed by atoms with Crippen LogP contribution in [-0.2, 0) is 9.53 Å². The molecule has 1 saturated heterocycles. The van der Waals surface area contributed by atoms with E-state index in [2.05, 4.69) is 24.1 Å². The number of esters is 1. The molecule has 0 radical (unpaired) electrons. The van der Waals surface area contributed by atoms with Crippen molar-refractivity contribution in [2.45, 2.75) is 64.5 Å². The largest absolute Gasteiger partial charge is 0.468 e. The first-order valence-electron chi connectivity index (χ1n) is 8.04. The molecule has 1 aliphatic carbocycles. The van der Waals surface area contributed by atoms with E-state index < -0.39 is 0 Å². The van der Waals surface area contributed by atoms with Crippen LogP contribution >= 0.6 is 0 Å². The van der Waals surface area contributed by atoms with Gasteiger partial charge in [-0.15, -0.1) is 0 Å². The molecule has 1 saturated carbocycles. The van der Waals surface area contributed by atoms with E-state index in [4.69, 9.17) is 4.74 Å². The van der Waals surface area contributed by atoms with Gasteiger partial charge in [0.05, 0.1) is 13.7 Å². The molecule has 0 spiro atoms. The summed E-state index contributed by atoms with van der Waals surface area (Å²) in [6, 6.07) is 1.32. The number of carbonyl (C=O) groups excluding carboxylic acids is 1. The summed E-state index contributed by atoms with van der Waals surface area (Å²) in [6.45, 7) is 7.23. The monoisotopic (exact) mass is 282 g/mol. The number of rotatable bonds is 4. The summed E-state index contributed by atoms with van der Waals surface area (Å²) in [5.74, 6) is -0.120. The van der Waals surface area contributed by atoms with Crippen molar-refractivity contribution >= 4 is 5.97 Å². The van der Waals surface area contributed by atoms with E-state index in [1.807, 2.05) is 0 Å². The Hall–Kier alpha value is -0.610. The Labute approximate surface area is 123 Å². The first-order chi connectivity index (χ1) is 9.48. The minimum absolute atomic E-state index is 0.120. The Bertz CT molecular complexity index is 322. The molecule has 2 aliphatic rings. The average Bonchev–Trinajstić information content (AvgIpc) is 2.40. The van der Waals surface area contributed by atoms with Crippen LogP contribution < -0.4 is 5.32 Å². The van der Waals surface area contributed by atoms with Crippen LogP contribution in [0.3, 0.4) is 0 Å². The lowest BCUT2D eigenvalue weighted by Crippen LogP contribution is -2.49. The Morgan fingerprint density at radius 3 is 2.55 bits per heavy atom. The number of nitrogens with zero attached hydrogens (tertiary/aromatic N) is 1. The van der Waals surface area contributed by atoms with Gasteiger partial charge >= 0.3 is 5.97 Å². The summed E-state index contributed by atoms with van der Waals surface area (Å²) in [7, 11) is 1.46. The van der Waals surface area contributed by atoms with Crippen molar-refractivity contribution in [2.75, 3.05) is 26.7 Å². The summed E-state index contributed by atoms with van der Waals surface area (Å²) < 4.78 is 4.73. The third kappa shape index (κ3) is 4.74. The van der Waals surface area contributed by atoms with Crippen LogP contribution in [0.15, 0.2) is 0 Å². The predicted octanol–water partition coefficient (Wildman–Crippen LogP) is 2.18. The summed E-state index contributed by atoms with van der Waals surface area (Å²) in [4.78, 5) is 13.5. The van der Waals surface area contributed by atoms with E-state index in [9.17, 15) is 4.79 Å². The maximum atomic E-state index is 11.3. The summed E-state index contributed by atoms with van der Waals surface area (Å²) in [5, 5.41) is 3.86. The second-order valence-corrected chi connectivity index (χ2v) is 7.25. The highest BCUT2D eigenvalue weighted by Gasteiger charge is 2.30. The zero-order chi connectivity index (χ0) is 14.6. The highest BCUT2D eigenvalue weighted by atomic mass is 16.5. The fourth-order valence-electron chi connectivity index (χ4n) is 3.68. The van der Waals surface area contributed by atoms with Crippen LogP contribution in [0.25, 0.3) is 0 Å². The highest BCUT2D eigenvalue weighted by molar-refractivity contribution is 5.71. The van der Waals surface area contributed by atoms with Crippen molar-refractivity contribution in [2.24, 2.45) is 5.41 Å². The smallest absolute Gasteiger partial charge is 0.319 e. The van der Waals surface area contributed by atoms with Crippen molar-refractivity contribution in [3.05, 3.63) is 0 Å². The number of piperidine rings is 1. The second kappa shape index (κ2) is 6.90. The third-order valence-corrected chi connectivity index (χ3v) is 4.84. The van der Waals surface area contributed by atoms with Crippen LogP contribution in [0, 0.1) is 5.41 Å². The maximum Gasteiger partial charge on any atom is 0.319 e. The standard InChI is InChI=1S/C16H30N2O2/c1-16(2)8-4-5-14(11-16)17-13-6-9-18(10-7-13)12-15(19)20-3/h13-14,17H,4-12H2,1-3H3. The van der Waals surface area contributed by atoms with Crippen LogP contribution in [0.4, 0.5) is 0 Å². The molecule has 1 atom stereocenters. The molecule has 2 fully saturated rings. The minimum Gasteiger partial charge on any atom is -0.468 e. The third-order valence-electron chi connectivity index (χ3n) is 4.84. The van der Waals surface area contributed by atoms with E-state index in [1.165, 1.54) is 32.8 Å². The lowest BCUT2D eigenvalue weighted by atomic mass is 9.75. The van der Waals surface area contributed by atoms with Crippen LogP contribution in [-0.4, -0.2) is 49.7 Å². The average molecular weight is 282 g/mol. The predicted molar refractivity (Wildman–Crippen MR) is 80.7 cm³/mol. The van der Waals surface area contributed by atoms with Gasteiger partial charge in [0, 0.05) is 25.2 Å². The number of likely N-dealkylation sites (tertiary alicyclic amines) is 1. The van der Waals surface area contributed by atoms with E-state index in [1.54, 1.807) is 0 Å². The summed E-state index contributed by atoms with van der Waals surface area (Å²) in [5.41, 5.74) is 0.501. The molecule has 116 valence electrons. The van der Waals surface area contributed by atoms with Crippen LogP contribution in [0.2, 0.25) is 0 Å². The minimum atomic E-state index is -0.120. The normalized spacial score (nSPS) is 28.2. The molecule has 1 aliphatic heterocycles. The fraction of sp³-hybridized carbons (Fsp3) is 0.938. The summed E-state index contributed by atoms with van der Waals surface area (Å²) >= 11 is 0. The Morgan fingerprint density at radius 2 is 1.95 bits per heavy atom. The number of methoxy groups -OCH3 is 1. The van der Waals surface area contributed by atoms with Crippen molar-refractivity contribution in [3.8, 4) is 0 Å². The van der Waals surface area contributed by atoms with Crippen LogP contribution in [0.5, 0.6) is 0 Å². The first-order valence-corrected chi connectivity index (χ1v) is 8.04. The zero-order valence-electron chi connectivity index (χ0n) is 13.3. The van der Waals surface area contributed by atoms with E-state index in [0.717, 1.165) is 25.9 Å².